The second-order valence-corrected chi connectivity index (χ2v) is 3.70. The molecule has 1 aromatic rings. The minimum atomic E-state index is -0.786. The fourth-order valence-corrected chi connectivity index (χ4v) is 1.19. The number of esters is 1. The van der Waals surface area contributed by atoms with E-state index in [-0.39, 0.29) is 11.9 Å². The van der Waals surface area contributed by atoms with Crippen molar-refractivity contribution in [3.63, 3.8) is 0 Å². The van der Waals surface area contributed by atoms with Gasteiger partial charge in [-0.1, -0.05) is 0 Å². The summed E-state index contributed by atoms with van der Waals surface area (Å²) < 4.78 is 22.5. The van der Waals surface area contributed by atoms with Gasteiger partial charge in [-0.05, 0) is 26.0 Å². The molecule has 0 aliphatic heterocycles. The van der Waals surface area contributed by atoms with Gasteiger partial charge < -0.3 is 9.47 Å². The van der Waals surface area contributed by atoms with Crippen molar-refractivity contribution < 1.29 is 23.6 Å². The maximum absolute atomic E-state index is 12.8. The van der Waals surface area contributed by atoms with Crippen LogP contribution in [0.15, 0.2) is 18.2 Å². The van der Waals surface area contributed by atoms with Gasteiger partial charge in [-0.2, -0.15) is 0 Å². The van der Waals surface area contributed by atoms with Gasteiger partial charge >= 0.3 is 11.7 Å². The van der Waals surface area contributed by atoms with Crippen molar-refractivity contribution in [2.24, 2.45) is 0 Å². The van der Waals surface area contributed by atoms with Crippen LogP contribution in [0.2, 0.25) is 0 Å². The molecule has 0 bridgehead atoms. The van der Waals surface area contributed by atoms with E-state index in [1.165, 1.54) is 0 Å². The molecule has 0 N–H and O–H groups in total. The third kappa shape index (κ3) is 4.00. The number of halogens is 1. The summed E-state index contributed by atoms with van der Waals surface area (Å²) in [6.45, 7) is 2.86. The number of nitro benzene ring substituents is 1. The van der Waals surface area contributed by atoms with Crippen LogP contribution in [0.4, 0.5) is 10.1 Å². The SMILES string of the molecule is CC(C)OC(=O)COc1ccc(F)cc1[N+](=O)[O-]. The molecule has 0 saturated carbocycles. The Hall–Kier alpha value is -2.18. The summed E-state index contributed by atoms with van der Waals surface area (Å²) in [6.07, 6.45) is -0.302. The lowest BCUT2D eigenvalue weighted by Crippen LogP contribution is -2.19. The predicted molar refractivity (Wildman–Crippen MR) is 59.8 cm³/mol. The van der Waals surface area contributed by atoms with Crippen molar-refractivity contribution in [2.45, 2.75) is 20.0 Å². The molecule has 7 heteroatoms. The Bertz CT molecular complexity index is 461. The zero-order chi connectivity index (χ0) is 13.7. The van der Waals surface area contributed by atoms with Crippen LogP contribution < -0.4 is 4.74 Å². The van der Waals surface area contributed by atoms with E-state index in [1.807, 2.05) is 0 Å². The second kappa shape index (κ2) is 5.95. The van der Waals surface area contributed by atoms with Gasteiger partial charge in [0.25, 0.3) is 0 Å². The van der Waals surface area contributed by atoms with Gasteiger partial charge in [0.1, 0.15) is 5.82 Å². The van der Waals surface area contributed by atoms with E-state index in [2.05, 4.69) is 0 Å². The normalized spacial score (nSPS) is 10.2. The largest absolute Gasteiger partial charge is 0.475 e. The summed E-state index contributed by atoms with van der Waals surface area (Å²) in [5.74, 6) is -1.58. The summed E-state index contributed by atoms with van der Waals surface area (Å²) in [4.78, 5) is 21.0. The number of ether oxygens (including phenoxy) is 2. The van der Waals surface area contributed by atoms with Crippen molar-refractivity contribution >= 4 is 11.7 Å². The van der Waals surface area contributed by atoms with Crippen molar-refractivity contribution in [3.8, 4) is 5.75 Å². The zero-order valence-corrected chi connectivity index (χ0v) is 9.88. The van der Waals surface area contributed by atoms with Gasteiger partial charge in [0, 0.05) is 0 Å². The predicted octanol–water partition coefficient (Wildman–Crippen LogP) is 2.06. The molecule has 18 heavy (non-hydrogen) atoms. The average Bonchev–Trinajstić information content (AvgIpc) is 2.26. The van der Waals surface area contributed by atoms with E-state index in [1.54, 1.807) is 13.8 Å². The molecule has 0 unspecified atom stereocenters. The molecule has 0 spiro atoms. The van der Waals surface area contributed by atoms with Gasteiger partial charge in [0.05, 0.1) is 17.1 Å². The number of benzene rings is 1. The monoisotopic (exact) mass is 257 g/mol. The molecule has 0 fully saturated rings. The van der Waals surface area contributed by atoms with Crippen LogP contribution in [0, 0.1) is 15.9 Å². The summed E-state index contributed by atoms with van der Waals surface area (Å²) in [6, 6.07) is 2.83. The number of nitro groups is 1. The molecule has 1 aromatic carbocycles. The number of hydrogen-bond acceptors (Lipinski definition) is 5. The highest BCUT2D eigenvalue weighted by Gasteiger charge is 2.17. The maximum atomic E-state index is 12.8. The molecule has 0 aliphatic carbocycles. The molecule has 6 nitrogen and oxygen atoms in total. The summed E-state index contributed by atoms with van der Waals surface area (Å²) >= 11 is 0. The lowest BCUT2D eigenvalue weighted by molar-refractivity contribution is -0.386. The average molecular weight is 257 g/mol. The quantitative estimate of drug-likeness (QED) is 0.458. The highest BCUT2D eigenvalue weighted by Crippen LogP contribution is 2.27. The van der Waals surface area contributed by atoms with E-state index in [0.29, 0.717) is 0 Å². The highest BCUT2D eigenvalue weighted by molar-refractivity contribution is 5.71. The Labute approximate surface area is 102 Å². The lowest BCUT2D eigenvalue weighted by atomic mass is 10.3. The highest BCUT2D eigenvalue weighted by atomic mass is 19.1. The Balaban J connectivity index is 2.73. The molecule has 0 saturated heterocycles. The Morgan fingerprint density at radius 2 is 2.17 bits per heavy atom. The summed E-state index contributed by atoms with van der Waals surface area (Å²) in [7, 11) is 0. The molecule has 0 atom stereocenters. The fourth-order valence-electron chi connectivity index (χ4n) is 1.19. The van der Waals surface area contributed by atoms with E-state index >= 15 is 0 Å². The van der Waals surface area contributed by atoms with Crippen molar-refractivity contribution in [3.05, 3.63) is 34.1 Å². The lowest BCUT2D eigenvalue weighted by Gasteiger charge is -2.09. The number of carbonyl (C=O) groups excluding carboxylic acids is 1. The molecule has 0 heterocycles. The van der Waals surface area contributed by atoms with Gasteiger partial charge in [0.15, 0.2) is 12.4 Å². The van der Waals surface area contributed by atoms with Gasteiger partial charge in [-0.15, -0.1) is 0 Å². The first kappa shape index (κ1) is 13.9. The van der Waals surface area contributed by atoms with Gasteiger partial charge in [-0.25, -0.2) is 9.18 Å². The first-order chi connectivity index (χ1) is 8.40. The van der Waals surface area contributed by atoms with Crippen molar-refractivity contribution in [1.29, 1.82) is 0 Å². The van der Waals surface area contributed by atoms with E-state index in [9.17, 15) is 19.3 Å². The maximum Gasteiger partial charge on any atom is 0.344 e. The fraction of sp³-hybridized carbons (Fsp3) is 0.364. The molecule has 0 aliphatic rings. The van der Waals surface area contributed by atoms with Crippen LogP contribution in [-0.4, -0.2) is 23.6 Å². The molecular formula is C11H12FNO5. The molecular weight excluding hydrogens is 245 g/mol. The smallest absolute Gasteiger partial charge is 0.344 e. The first-order valence-electron chi connectivity index (χ1n) is 5.16. The zero-order valence-electron chi connectivity index (χ0n) is 9.88. The van der Waals surface area contributed by atoms with Crippen LogP contribution in [0.5, 0.6) is 5.75 Å². The number of carbonyl (C=O) groups is 1. The number of hydrogen-bond donors (Lipinski definition) is 0. The van der Waals surface area contributed by atoms with E-state index in [4.69, 9.17) is 9.47 Å². The molecule has 0 radical (unpaired) electrons. The van der Waals surface area contributed by atoms with E-state index < -0.39 is 29.0 Å². The standard InChI is InChI=1S/C11H12FNO5/c1-7(2)18-11(14)6-17-10-4-3-8(12)5-9(10)13(15)16/h3-5,7H,6H2,1-2H3. The van der Waals surface area contributed by atoms with Crippen LogP contribution in [0.1, 0.15) is 13.8 Å². The second-order valence-electron chi connectivity index (χ2n) is 3.70. The number of rotatable bonds is 5. The minimum Gasteiger partial charge on any atom is -0.475 e. The van der Waals surface area contributed by atoms with Crippen molar-refractivity contribution in [2.75, 3.05) is 6.61 Å². The Morgan fingerprint density at radius 3 is 2.72 bits per heavy atom. The molecule has 1 rings (SSSR count). The third-order valence-corrected chi connectivity index (χ3v) is 1.83. The van der Waals surface area contributed by atoms with Crippen LogP contribution in [0.25, 0.3) is 0 Å². The van der Waals surface area contributed by atoms with E-state index in [0.717, 1.165) is 18.2 Å². The van der Waals surface area contributed by atoms with Gasteiger partial charge in [0.2, 0.25) is 0 Å². The first-order valence-corrected chi connectivity index (χ1v) is 5.16. The van der Waals surface area contributed by atoms with Crippen LogP contribution in [-0.2, 0) is 9.53 Å². The molecule has 0 amide bonds. The van der Waals surface area contributed by atoms with Gasteiger partial charge in [-0.3, -0.25) is 10.1 Å². The van der Waals surface area contributed by atoms with Crippen LogP contribution >= 0.6 is 0 Å². The minimum absolute atomic E-state index is 0.179. The summed E-state index contributed by atoms with van der Waals surface area (Å²) in [5.41, 5.74) is -0.535. The molecule has 0 aromatic heterocycles. The Kier molecular flexibility index (Phi) is 4.59. The molecule has 98 valence electrons. The van der Waals surface area contributed by atoms with Crippen molar-refractivity contribution in [1.82, 2.24) is 0 Å². The number of nitrogens with zero attached hydrogens (tertiary/aromatic N) is 1. The Morgan fingerprint density at radius 1 is 1.50 bits per heavy atom. The third-order valence-electron chi connectivity index (χ3n) is 1.83. The van der Waals surface area contributed by atoms with Crippen LogP contribution in [0.3, 0.4) is 0 Å². The topological polar surface area (TPSA) is 78.7 Å². The summed E-state index contributed by atoms with van der Waals surface area (Å²) in [5, 5.41) is 10.6.